The van der Waals surface area contributed by atoms with E-state index in [-0.39, 0.29) is 11.4 Å². The predicted octanol–water partition coefficient (Wildman–Crippen LogP) is 0.662. The van der Waals surface area contributed by atoms with Crippen molar-refractivity contribution in [2.75, 3.05) is 0 Å². The van der Waals surface area contributed by atoms with Crippen LogP contribution in [0, 0.1) is 0 Å². The fraction of sp³-hybridized carbons (Fsp3) is 0.667. The lowest BCUT2D eigenvalue weighted by Crippen LogP contribution is -2.35. The van der Waals surface area contributed by atoms with E-state index in [1.54, 1.807) is 6.20 Å². The van der Waals surface area contributed by atoms with Crippen molar-refractivity contribution in [3.8, 4) is 0 Å². The van der Waals surface area contributed by atoms with E-state index in [9.17, 15) is 4.79 Å². The second-order valence-corrected chi connectivity index (χ2v) is 3.84. The van der Waals surface area contributed by atoms with Gasteiger partial charge in [0, 0.05) is 23.7 Å². The molecule has 1 fully saturated rings. The molecule has 0 aromatic carbocycles. The molecule has 1 amide bonds. The van der Waals surface area contributed by atoms with Crippen LogP contribution in [0.3, 0.4) is 0 Å². The summed E-state index contributed by atoms with van der Waals surface area (Å²) in [7, 11) is 0. The Hall–Kier alpha value is -0.990. The van der Waals surface area contributed by atoms with E-state index in [1.165, 1.54) is 25.7 Å². The summed E-state index contributed by atoms with van der Waals surface area (Å²) in [5, 5.41) is 3.30. The number of hydrogen-bond acceptors (Lipinski definition) is 2. The second-order valence-electron chi connectivity index (χ2n) is 3.84. The van der Waals surface area contributed by atoms with Gasteiger partial charge in [-0.25, -0.2) is 0 Å². The molecule has 0 aromatic heterocycles. The first-order valence-corrected chi connectivity index (χ1v) is 4.48. The molecule has 3 N–H and O–H groups in total. The molecule has 0 radical (unpaired) electrons. The number of rotatable bonds is 1. The zero-order chi connectivity index (χ0) is 8.60. The van der Waals surface area contributed by atoms with Crippen LogP contribution in [-0.2, 0) is 4.79 Å². The Morgan fingerprint density at radius 2 is 2.17 bits per heavy atom. The highest BCUT2D eigenvalue weighted by Crippen LogP contribution is 2.37. The Kier molecular flexibility index (Phi) is 1.60. The van der Waals surface area contributed by atoms with E-state index < -0.39 is 0 Å². The highest BCUT2D eigenvalue weighted by molar-refractivity contribution is 5.92. The smallest absolute Gasteiger partial charge is 0.246 e. The van der Waals surface area contributed by atoms with Crippen molar-refractivity contribution in [1.82, 2.24) is 5.32 Å². The summed E-state index contributed by atoms with van der Waals surface area (Å²) in [6, 6.07) is 0. The second kappa shape index (κ2) is 2.51. The lowest BCUT2D eigenvalue weighted by atomic mass is 9.93. The molecule has 3 heteroatoms. The molecule has 0 saturated heterocycles. The average Bonchev–Trinajstić information content (AvgIpc) is 2.62. The third-order valence-corrected chi connectivity index (χ3v) is 2.96. The van der Waals surface area contributed by atoms with Gasteiger partial charge in [0.1, 0.15) is 0 Å². The van der Waals surface area contributed by atoms with Crippen LogP contribution >= 0.6 is 0 Å². The quantitative estimate of drug-likeness (QED) is 0.601. The highest BCUT2D eigenvalue weighted by Gasteiger charge is 2.38. The fourth-order valence-electron chi connectivity index (χ4n) is 2.24. The van der Waals surface area contributed by atoms with Gasteiger partial charge >= 0.3 is 0 Å². The van der Waals surface area contributed by atoms with E-state index in [4.69, 9.17) is 5.73 Å². The maximum Gasteiger partial charge on any atom is 0.246 e. The minimum absolute atomic E-state index is 0.199. The van der Waals surface area contributed by atoms with Gasteiger partial charge in [-0.05, 0) is 12.8 Å². The number of amides is 1. The van der Waals surface area contributed by atoms with Crippen LogP contribution in [0.15, 0.2) is 11.8 Å². The van der Waals surface area contributed by atoms with Crippen LogP contribution in [0.4, 0.5) is 0 Å². The van der Waals surface area contributed by atoms with Crippen molar-refractivity contribution in [3.05, 3.63) is 11.8 Å². The molecule has 0 atom stereocenters. The third kappa shape index (κ3) is 1.09. The monoisotopic (exact) mass is 166 g/mol. The van der Waals surface area contributed by atoms with E-state index in [0.717, 1.165) is 12.0 Å². The zero-order valence-electron chi connectivity index (χ0n) is 7.10. The summed E-state index contributed by atoms with van der Waals surface area (Å²) >= 11 is 0. The molecule has 1 spiro atoms. The number of hydrogen-bond donors (Lipinski definition) is 2. The van der Waals surface area contributed by atoms with Crippen LogP contribution in [0.25, 0.3) is 0 Å². The van der Waals surface area contributed by atoms with Crippen molar-refractivity contribution in [3.63, 3.8) is 0 Å². The predicted molar refractivity (Wildman–Crippen MR) is 46.2 cm³/mol. The summed E-state index contributed by atoms with van der Waals surface area (Å²) in [5.41, 5.74) is 6.16. The van der Waals surface area contributed by atoms with Gasteiger partial charge in [-0.3, -0.25) is 4.79 Å². The van der Waals surface area contributed by atoms with Crippen molar-refractivity contribution >= 4 is 5.91 Å². The first kappa shape index (κ1) is 7.65. The molecule has 1 aliphatic carbocycles. The molecule has 12 heavy (non-hydrogen) atoms. The van der Waals surface area contributed by atoms with E-state index in [2.05, 4.69) is 5.32 Å². The molecular formula is C9H14N2O. The maximum atomic E-state index is 10.9. The van der Waals surface area contributed by atoms with Crippen LogP contribution in [-0.4, -0.2) is 11.4 Å². The van der Waals surface area contributed by atoms with Gasteiger partial charge < -0.3 is 11.1 Å². The highest BCUT2D eigenvalue weighted by atomic mass is 16.1. The van der Waals surface area contributed by atoms with Crippen LogP contribution < -0.4 is 11.1 Å². The Morgan fingerprint density at radius 1 is 1.50 bits per heavy atom. The van der Waals surface area contributed by atoms with Gasteiger partial charge in [-0.2, -0.15) is 0 Å². The lowest BCUT2D eigenvalue weighted by Gasteiger charge is -2.23. The van der Waals surface area contributed by atoms with Crippen LogP contribution in [0.2, 0.25) is 0 Å². The number of carbonyl (C=O) groups excluding carboxylic acids is 1. The van der Waals surface area contributed by atoms with E-state index >= 15 is 0 Å². The Balaban J connectivity index is 2.06. The molecule has 1 saturated carbocycles. The van der Waals surface area contributed by atoms with Crippen molar-refractivity contribution in [2.45, 2.75) is 37.6 Å². The third-order valence-electron chi connectivity index (χ3n) is 2.96. The Labute approximate surface area is 72.0 Å². The average molecular weight is 166 g/mol. The van der Waals surface area contributed by atoms with Gasteiger partial charge in [-0.1, -0.05) is 12.8 Å². The van der Waals surface area contributed by atoms with Gasteiger partial charge in [0.25, 0.3) is 0 Å². The van der Waals surface area contributed by atoms with Gasteiger partial charge in [0.15, 0.2) is 0 Å². The van der Waals surface area contributed by atoms with E-state index in [0.29, 0.717) is 0 Å². The van der Waals surface area contributed by atoms with Crippen LogP contribution in [0.5, 0.6) is 0 Å². The standard InChI is InChI=1S/C9H14N2O/c10-8(12)7-5-9(11-6-7)3-1-2-4-9/h6,11H,1-5H2,(H2,10,12). The Bertz CT molecular complexity index is 239. The molecule has 1 aliphatic heterocycles. The molecule has 1 heterocycles. The van der Waals surface area contributed by atoms with Gasteiger partial charge in [0.05, 0.1) is 0 Å². The molecule has 0 aromatic rings. The topological polar surface area (TPSA) is 55.1 Å². The lowest BCUT2D eigenvalue weighted by molar-refractivity contribution is -0.114. The number of primary amides is 1. The zero-order valence-corrected chi connectivity index (χ0v) is 7.10. The molecule has 2 rings (SSSR count). The van der Waals surface area contributed by atoms with Crippen molar-refractivity contribution in [2.24, 2.45) is 5.73 Å². The van der Waals surface area contributed by atoms with E-state index in [1.807, 2.05) is 0 Å². The van der Waals surface area contributed by atoms with Crippen molar-refractivity contribution in [1.29, 1.82) is 0 Å². The summed E-state index contributed by atoms with van der Waals surface area (Å²) in [4.78, 5) is 10.9. The summed E-state index contributed by atoms with van der Waals surface area (Å²) in [6.07, 6.45) is 7.54. The van der Waals surface area contributed by atoms with Gasteiger partial charge in [0.2, 0.25) is 5.91 Å². The molecule has 0 bridgehead atoms. The summed E-state index contributed by atoms with van der Waals surface area (Å²) in [5.74, 6) is -0.272. The fourth-order valence-corrected chi connectivity index (χ4v) is 2.24. The minimum atomic E-state index is -0.272. The molecule has 66 valence electrons. The first-order valence-electron chi connectivity index (χ1n) is 4.48. The minimum Gasteiger partial charge on any atom is -0.385 e. The van der Waals surface area contributed by atoms with Crippen molar-refractivity contribution < 1.29 is 4.79 Å². The molecule has 0 unspecified atom stereocenters. The molecule has 3 nitrogen and oxygen atoms in total. The summed E-state index contributed by atoms with van der Waals surface area (Å²) < 4.78 is 0. The van der Waals surface area contributed by atoms with Gasteiger partial charge in [-0.15, -0.1) is 0 Å². The van der Waals surface area contributed by atoms with Crippen LogP contribution in [0.1, 0.15) is 32.1 Å². The Morgan fingerprint density at radius 3 is 2.67 bits per heavy atom. The number of carbonyl (C=O) groups is 1. The SMILES string of the molecule is NC(=O)C1=CNC2(CCCC2)C1. The number of nitrogens with one attached hydrogen (secondary N) is 1. The summed E-state index contributed by atoms with van der Waals surface area (Å²) in [6.45, 7) is 0. The number of nitrogens with two attached hydrogens (primary N) is 1. The molecular weight excluding hydrogens is 152 g/mol. The largest absolute Gasteiger partial charge is 0.385 e. The normalized spacial score (nSPS) is 25.5. The maximum absolute atomic E-state index is 10.9. The molecule has 2 aliphatic rings. The first-order chi connectivity index (χ1) is 5.72.